The number of hydrogen-bond acceptors (Lipinski definition) is 6. The van der Waals surface area contributed by atoms with Crippen LogP contribution in [0.15, 0.2) is 39.7 Å². The Morgan fingerprint density at radius 3 is 2.90 bits per heavy atom. The van der Waals surface area contributed by atoms with Gasteiger partial charge in [-0.05, 0) is 24.3 Å². The molecule has 106 valence electrons. The van der Waals surface area contributed by atoms with Crippen LogP contribution < -0.4 is 5.32 Å². The summed E-state index contributed by atoms with van der Waals surface area (Å²) in [6, 6.07) is 5.81. The van der Waals surface area contributed by atoms with Crippen molar-refractivity contribution < 1.29 is 9.32 Å². The number of thiophene rings is 1. The Morgan fingerprint density at radius 2 is 2.24 bits per heavy atom. The van der Waals surface area contributed by atoms with Crippen molar-refractivity contribution in [2.75, 3.05) is 5.32 Å². The third-order valence-electron chi connectivity index (χ3n) is 3.60. The minimum atomic E-state index is -0.551. The average Bonchev–Trinajstić information content (AvgIpc) is 2.99. The fraction of sp³-hybridized carbons (Fsp3) is 0.214. The van der Waals surface area contributed by atoms with E-state index in [1.54, 1.807) is 17.5 Å². The van der Waals surface area contributed by atoms with E-state index < -0.39 is 5.41 Å². The molecule has 1 N–H and O–H groups in total. The average molecular weight is 317 g/mol. The third kappa shape index (κ3) is 2.18. The zero-order chi connectivity index (χ0) is 14.3. The maximum absolute atomic E-state index is 12.5. The maximum atomic E-state index is 12.5. The number of carbonyl (C=O) groups is 1. The van der Waals surface area contributed by atoms with Gasteiger partial charge in [0.15, 0.2) is 10.9 Å². The van der Waals surface area contributed by atoms with Gasteiger partial charge in [0, 0.05) is 17.6 Å². The predicted octanol–water partition coefficient (Wildman–Crippen LogP) is 3.53. The molecule has 21 heavy (non-hydrogen) atoms. The first kappa shape index (κ1) is 12.7. The first-order chi connectivity index (χ1) is 10.3. The van der Waals surface area contributed by atoms with Gasteiger partial charge >= 0.3 is 0 Å². The topological polar surface area (TPSA) is 68.0 Å². The van der Waals surface area contributed by atoms with Gasteiger partial charge in [-0.25, -0.2) is 4.98 Å². The van der Waals surface area contributed by atoms with Crippen LogP contribution in [-0.2, 0) is 10.2 Å². The highest BCUT2D eigenvalue weighted by Crippen LogP contribution is 2.49. The zero-order valence-corrected chi connectivity index (χ0v) is 12.5. The molecule has 1 fully saturated rings. The fourth-order valence-electron chi connectivity index (χ4n) is 2.26. The standard InChI is InChI=1S/C14H11N3O2S2/c18-12(16-13-15-5-7-21-13)14(3-4-14)11-8-9(19-17-11)10-2-1-6-20-10/h1-2,5-8H,3-4H2,(H,15,16,18). The summed E-state index contributed by atoms with van der Waals surface area (Å²) in [4.78, 5) is 17.6. The molecule has 4 rings (SSSR count). The summed E-state index contributed by atoms with van der Waals surface area (Å²) in [5.74, 6) is 0.664. The largest absolute Gasteiger partial charge is 0.355 e. The number of aromatic nitrogens is 2. The molecule has 3 aromatic rings. The Labute approximate surface area is 128 Å². The second-order valence-electron chi connectivity index (χ2n) is 4.93. The Kier molecular flexibility index (Phi) is 2.90. The van der Waals surface area contributed by atoms with Gasteiger partial charge < -0.3 is 9.84 Å². The summed E-state index contributed by atoms with van der Waals surface area (Å²) in [7, 11) is 0. The molecule has 0 aromatic carbocycles. The Bertz CT molecular complexity index is 758. The summed E-state index contributed by atoms with van der Waals surface area (Å²) < 4.78 is 5.39. The van der Waals surface area contributed by atoms with Crippen LogP contribution in [0.1, 0.15) is 18.5 Å². The summed E-state index contributed by atoms with van der Waals surface area (Å²) in [6.45, 7) is 0. The molecule has 0 spiro atoms. The van der Waals surface area contributed by atoms with E-state index in [0.29, 0.717) is 16.6 Å². The minimum Gasteiger partial charge on any atom is -0.355 e. The van der Waals surface area contributed by atoms with Gasteiger partial charge in [0.05, 0.1) is 16.0 Å². The van der Waals surface area contributed by atoms with Gasteiger partial charge in [-0.2, -0.15) is 0 Å². The van der Waals surface area contributed by atoms with Crippen molar-refractivity contribution in [2.45, 2.75) is 18.3 Å². The molecule has 0 saturated heterocycles. The third-order valence-corrected chi connectivity index (χ3v) is 5.17. The second-order valence-corrected chi connectivity index (χ2v) is 6.77. The first-order valence-electron chi connectivity index (χ1n) is 6.50. The smallest absolute Gasteiger partial charge is 0.238 e. The molecule has 0 bridgehead atoms. The lowest BCUT2D eigenvalue weighted by Gasteiger charge is -2.10. The number of amides is 1. The predicted molar refractivity (Wildman–Crippen MR) is 81.5 cm³/mol. The van der Waals surface area contributed by atoms with Crippen LogP contribution in [-0.4, -0.2) is 16.0 Å². The number of nitrogens with zero attached hydrogens (tertiary/aromatic N) is 2. The van der Waals surface area contributed by atoms with Crippen LogP contribution >= 0.6 is 22.7 Å². The molecule has 3 heterocycles. The van der Waals surface area contributed by atoms with E-state index in [1.807, 2.05) is 29.0 Å². The van der Waals surface area contributed by atoms with Gasteiger partial charge in [0.2, 0.25) is 5.91 Å². The molecule has 1 aliphatic carbocycles. The summed E-state index contributed by atoms with van der Waals surface area (Å²) in [5, 5.41) is 11.4. The van der Waals surface area contributed by atoms with E-state index in [4.69, 9.17) is 4.52 Å². The molecular formula is C14H11N3O2S2. The van der Waals surface area contributed by atoms with Crippen LogP contribution in [0.3, 0.4) is 0 Å². The molecule has 0 radical (unpaired) electrons. The number of rotatable bonds is 4. The molecule has 7 heteroatoms. The van der Waals surface area contributed by atoms with Crippen LogP contribution in [0.25, 0.3) is 10.6 Å². The Hall–Kier alpha value is -1.99. The number of anilines is 1. The molecule has 1 aliphatic rings. The lowest BCUT2D eigenvalue weighted by atomic mass is 10.0. The molecular weight excluding hydrogens is 306 g/mol. The van der Waals surface area contributed by atoms with Crippen molar-refractivity contribution in [2.24, 2.45) is 0 Å². The summed E-state index contributed by atoms with van der Waals surface area (Å²) >= 11 is 3.00. The monoisotopic (exact) mass is 317 g/mol. The Morgan fingerprint density at radius 1 is 1.33 bits per heavy atom. The molecule has 0 atom stereocenters. The SMILES string of the molecule is O=C(Nc1nccs1)C1(c2cc(-c3cccs3)on2)CC1. The quantitative estimate of drug-likeness (QED) is 0.799. The van der Waals surface area contributed by atoms with Crippen LogP contribution in [0.4, 0.5) is 5.13 Å². The highest BCUT2D eigenvalue weighted by Gasteiger charge is 2.54. The lowest BCUT2D eigenvalue weighted by Crippen LogP contribution is -2.28. The van der Waals surface area contributed by atoms with Gasteiger partial charge in [-0.1, -0.05) is 11.2 Å². The summed E-state index contributed by atoms with van der Waals surface area (Å²) in [6.07, 6.45) is 3.26. The molecule has 5 nitrogen and oxygen atoms in total. The van der Waals surface area contributed by atoms with E-state index in [9.17, 15) is 4.79 Å². The minimum absolute atomic E-state index is 0.0523. The van der Waals surface area contributed by atoms with E-state index in [-0.39, 0.29) is 5.91 Å². The number of hydrogen-bond donors (Lipinski definition) is 1. The van der Waals surface area contributed by atoms with E-state index in [2.05, 4.69) is 15.5 Å². The van der Waals surface area contributed by atoms with E-state index in [1.165, 1.54) is 11.3 Å². The molecule has 0 aliphatic heterocycles. The molecule has 3 aromatic heterocycles. The van der Waals surface area contributed by atoms with Crippen molar-refractivity contribution in [3.8, 4) is 10.6 Å². The highest BCUT2D eigenvalue weighted by atomic mass is 32.1. The maximum Gasteiger partial charge on any atom is 0.238 e. The van der Waals surface area contributed by atoms with E-state index in [0.717, 1.165) is 17.7 Å². The Balaban J connectivity index is 1.59. The molecule has 1 saturated carbocycles. The highest BCUT2D eigenvalue weighted by molar-refractivity contribution is 7.14. The number of nitrogens with one attached hydrogen (secondary N) is 1. The number of thiazole rings is 1. The van der Waals surface area contributed by atoms with Crippen molar-refractivity contribution in [3.05, 3.63) is 40.8 Å². The van der Waals surface area contributed by atoms with Gasteiger partial charge in [-0.15, -0.1) is 22.7 Å². The van der Waals surface area contributed by atoms with Crippen molar-refractivity contribution in [3.63, 3.8) is 0 Å². The van der Waals surface area contributed by atoms with Crippen molar-refractivity contribution in [1.82, 2.24) is 10.1 Å². The lowest BCUT2D eigenvalue weighted by molar-refractivity contribution is -0.118. The van der Waals surface area contributed by atoms with Crippen LogP contribution in [0, 0.1) is 0 Å². The number of carbonyl (C=O) groups excluding carboxylic acids is 1. The van der Waals surface area contributed by atoms with Gasteiger partial charge in [0.25, 0.3) is 0 Å². The van der Waals surface area contributed by atoms with Crippen molar-refractivity contribution >= 4 is 33.7 Å². The van der Waals surface area contributed by atoms with Crippen molar-refractivity contribution in [1.29, 1.82) is 0 Å². The van der Waals surface area contributed by atoms with Crippen LogP contribution in [0.5, 0.6) is 0 Å². The molecule has 1 amide bonds. The normalized spacial score (nSPS) is 15.8. The zero-order valence-electron chi connectivity index (χ0n) is 10.9. The van der Waals surface area contributed by atoms with Gasteiger partial charge in [-0.3, -0.25) is 4.79 Å². The summed E-state index contributed by atoms with van der Waals surface area (Å²) in [5.41, 5.74) is 0.157. The first-order valence-corrected chi connectivity index (χ1v) is 8.26. The fourth-order valence-corrected chi connectivity index (χ4v) is 3.46. The van der Waals surface area contributed by atoms with E-state index >= 15 is 0 Å². The van der Waals surface area contributed by atoms with Gasteiger partial charge in [0.1, 0.15) is 0 Å². The second kappa shape index (κ2) is 4.78. The van der Waals surface area contributed by atoms with Crippen LogP contribution in [0.2, 0.25) is 0 Å². The molecule has 0 unspecified atom stereocenters.